The van der Waals surface area contributed by atoms with Gasteiger partial charge in [-0.25, -0.2) is 0 Å². The molecule has 1 heterocycles. The Morgan fingerprint density at radius 1 is 1.23 bits per heavy atom. The summed E-state index contributed by atoms with van der Waals surface area (Å²) >= 11 is 0. The minimum atomic E-state index is -0.604. The van der Waals surface area contributed by atoms with E-state index in [1.165, 1.54) is 19.1 Å². The van der Waals surface area contributed by atoms with Gasteiger partial charge in [-0.2, -0.15) is 0 Å². The first kappa shape index (κ1) is 19.9. The van der Waals surface area contributed by atoms with E-state index in [4.69, 9.17) is 18.9 Å². The van der Waals surface area contributed by atoms with E-state index in [1.54, 1.807) is 25.1 Å². The Morgan fingerprint density at radius 2 is 1.96 bits per heavy atom. The fourth-order valence-electron chi connectivity index (χ4n) is 2.56. The maximum absolute atomic E-state index is 12.4. The number of methoxy groups -OCH3 is 2. The smallest absolute Gasteiger partial charge is 0.306 e. The number of nitrogens with zero attached hydrogens (tertiary/aromatic N) is 1. The predicted molar refractivity (Wildman–Crippen MR) is 92.3 cm³/mol. The summed E-state index contributed by atoms with van der Waals surface area (Å²) in [5.74, 6) is -0.388. The van der Waals surface area contributed by atoms with Gasteiger partial charge in [0.05, 0.1) is 25.3 Å². The van der Waals surface area contributed by atoms with Gasteiger partial charge in [0.15, 0.2) is 18.7 Å². The SMILES string of the molecule is CCOC(=O)CCC(=O)c1ccc2c(c1)N(CC(OC)OC)C(=O)CO2. The van der Waals surface area contributed by atoms with Crippen LogP contribution in [0.3, 0.4) is 0 Å². The van der Waals surface area contributed by atoms with Crippen LogP contribution in [0.4, 0.5) is 5.69 Å². The van der Waals surface area contributed by atoms with Crippen molar-refractivity contribution < 1.29 is 33.3 Å². The van der Waals surface area contributed by atoms with Gasteiger partial charge < -0.3 is 23.8 Å². The van der Waals surface area contributed by atoms with Crippen molar-refractivity contribution in [3.63, 3.8) is 0 Å². The number of hydrogen-bond donors (Lipinski definition) is 0. The molecule has 0 fully saturated rings. The third kappa shape index (κ3) is 4.80. The van der Waals surface area contributed by atoms with Crippen molar-refractivity contribution in [3.8, 4) is 5.75 Å². The number of carbonyl (C=O) groups is 3. The molecule has 0 N–H and O–H groups in total. The molecule has 1 aliphatic rings. The number of hydrogen-bond acceptors (Lipinski definition) is 7. The minimum Gasteiger partial charge on any atom is -0.482 e. The average Bonchev–Trinajstić information content (AvgIpc) is 2.65. The van der Waals surface area contributed by atoms with Crippen LogP contribution in [0.15, 0.2) is 18.2 Å². The monoisotopic (exact) mass is 365 g/mol. The molecule has 0 saturated carbocycles. The van der Waals surface area contributed by atoms with Gasteiger partial charge in [-0.15, -0.1) is 0 Å². The van der Waals surface area contributed by atoms with Crippen LogP contribution >= 0.6 is 0 Å². The largest absolute Gasteiger partial charge is 0.482 e. The number of carbonyl (C=O) groups excluding carboxylic acids is 3. The van der Waals surface area contributed by atoms with Gasteiger partial charge in [-0.3, -0.25) is 14.4 Å². The van der Waals surface area contributed by atoms with E-state index in [0.29, 0.717) is 17.0 Å². The summed E-state index contributed by atoms with van der Waals surface area (Å²) in [4.78, 5) is 37.5. The Morgan fingerprint density at radius 3 is 2.62 bits per heavy atom. The number of Topliss-reactive ketones (excluding diaryl/α,β-unsaturated/α-hetero) is 1. The van der Waals surface area contributed by atoms with Gasteiger partial charge in [0, 0.05) is 26.2 Å². The molecule has 0 bridgehead atoms. The highest BCUT2D eigenvalue weighted by atomic mass is 16.7. The van der Waals surface area contributed by atoms with Crippen LogP contribution in [-0.2, 0) is 23.8 Å². The molecule has 0 saturated heterocycles. The van der Waals surface area contributed by atoms with E-state index in [1.807, 2.05) is 0 Å². The highest BCUT2D eigenvalue weighted by molar-refractivity contribution is 6.02. The normalized spacial score (nSPS) is 13.4. The van der Waals surface area contributed by atoms with Gasteiger partial charge in [0.25, 0.3) is 5.91 Å². The van der Waals surface area contributed by atoms with Crippen molar-refractivity contribution in [2.45, 2.75) is 26.1 Å². The van der Waals surface area contributed by atoms with E-state index in [0.717, 1.165) is 0 Å². The molecule has 8 heteroatoms. The summed E-state index contributed by atoms with van der Waals surface area (Å²) in [7, 11) is 2.96. The standard InChI is InChI=1S/C18H23NO7/c1-4-25-17(22)8-6-14(20)12-5-7-15-13(9-12)19(16(21)11-26-15)10-18(23-2)24-3/h5,7,9,18H,4,6,8,10-11H2,1-3H3. The van der Waals surface area contributed by atoms with Crippen LogP contribution in [0.1, 0.15) is 30.1 Å². The van der Waals surface area contributed by atoms with Crippen LogP contribution in [0.25, 0.3) is 0 Å². The van der Waals surface area contributed by atoms with Crippen LogP contribution in [0.2, 0.25) is 0 Å². The van der Waals surface area contributed by atoms with Crippen molar-refractivity contribution >= 4 is 23.3 Å². The second kappa shape index (κ2) is 9.30. The Hall–Kier alpha value is -2.45. The Bertz CT molecular complexity index is 670. The molecule has 1 aromatic rings. The molecule has 142 valence electrons. The van der Waals surface area contributed by atoms with E-state index in [-0.39, 0.29) is 44.3 Å². The van der Waals surface area contributed by atoms with E-state index in [9.17, 15) is 14.4 Å². The quantitative estimate of drug-likeness (QED) is 0.372. The zero-order valence-corrected chi connectivity index (χ0v) is 15.1. The van der Waals surface area contributed by atoms with Crippen molar-refractivity contribution in [1.29, 1.82) is 0 Å². The van der Waals surface area contributed by atoms with Gasteiger partial charge >= 0.3 is 5.97 Å². The molecule has 1 aromatic carbocycles. The number of ketones is 1. The van der Waals surface area contributed by atoms with E-state index >= 15 is 0 Å². The molecule has 0 aromatic heterocycles. The highest BCUT2D eigenvalue weighted by Crippen LogP contribution is 2.33. The van der Waals surface area contributed by atoms with Crippen molar-refractivity contribution in [1.82, 2.24) is 0 Å². The number of amides is 1. The fraction of sp³-hybridized carbons (Fsp3) is 0.500. The summed E-state index contributed by atoms with van der Waals surface area (Å²) in [6.45, 7) is 2.06. The molecule has 0 spiro atoms. The van der Waals surface area contributed by atoms with Crippen LogP contribution in [0.5, 0.6) is 5.75 Å². The minimum absolute atomic E-state index is 0.0122. The Labute approximate surface area is 152 Å². The molecule has 26 heavy (non-hydrogen) atoms. The fourth-order valence-corrected chi connectivity index (χ4v) is 2.56. The molecule has 0 aliphatic carbocycles. The molecular formula is C18H23NO7. The highest BCUT2D eigenvalue weighted by Gasteiger charge is 2.28. The Kier molecular flexibility index (Phi) is 7.11. The second-order valence-corrected chi connectivity index (χ2v) is 5.60. The predicted octanol–water partition coefficient (Wildman–Crippen LogP) is 1.56. The van der Waals surface area contributed by atoms with Gasteiger partial charge in [0.1, 0.15) is 5.75 Å². The molecule has 1 aliphatic heterocycles. The summed E-state index contributed by atoms with van der Waals surface area (Å²) in [5, 5.41) is 0. The lowest BCUT2D eigenvalue weighted by atomic mass is 10.0. The number of anilines is 1. The molecular weight excluding hydrogens is 342 g/mol. The molecule has 0 radical (unpaired) electrons. The lowest BCUT2D eigenvalue weighted by Gasteiger charge is -2.31. The van der Waals surface area contributed by atoms with Gasteiger partial charge in [-0.05, 0) is 25.1 Å². The zero-order valence-electron chi connectivity index (χ0n) is 15.1. The molecule has 0 atom stereocenters. The molecule has 2 rings (SSSR count). The summed E-state index contributed by atoms with van der Waals surface area (Å²) in [5.41, 5.74) is 0.866. The van der Waals surface area contributed by atoms with Crippen LogP contribution < -0.4 is 9.64 Å². The van der Waals surface area contributed by atoms with Crippen LogP contribution in [-0.4, -0.2) is 57.9 Å². The first-order valence-corrected chi connectivity index (χ1v) is 8.31. The maximum atomic E-state index is 12.4. The van der Waals surface area contributed by atoms with Crippen molar-refractivity contribution in [3.05, 3.63) is 23.8 Å². The zero-order chi connectivity index (χ0) is 19.1. The number of ether oxygens (including phenoxy) is 4. The first-order chi connectivity index (χ1) is 12.5. The average molecular weight is 365 g/mol. The lowest BCUT2D eigenvalue weighted by Crippen LogP contribution is -2.44. The number of esters is 1. The third-order valence-electron chi connectivity index (χ3n) is 3.94. The van der Waals surface area contributed by atoms with E-state index in [2.05, 4.69) is 0 Å². The lowest BCUT2D eigenvalue weighted by molar-refractivity contribution is -0.143. The molecule has 8 nitrogen and oxygen atoms in total. The summed E-state index contributed by atoms with van der Waals surface area (Å²) < 4.78 is 20.6. The van der Waals surface area contributed by atoms with Crippen molar-refractivity contribution in [2.75, 3.05) is 38.9 Å². The number of fused-ring (bicyclic) bond motifs is 1. The molecule has 0 unspecified atom stereocenters. The third-order valence-corrected chi connectivity index (χ3v) is 3.94. The van der Waals surface area contributed by atoms with E-state index < -0.39 is 12.3 Å². The summed E-state index contributed by atoms with van der Waals surface area (Å²) in [6.07, 6.45) is -0.558. The van der Waals surface area contributed by atoms with Gasteiger partial charge in [-0.1, -0.05) is 0 Å². The first-order valence-electron chi connectivity index (χ1n) is 8.31. The van der Waals surface area contributed by atoms with Gasteiger partial charge in [0.2, 0.25) is 0 Å². The maximum Gasteiger partial charge on any atom is 0.306 e. The second-order valence-electron chi connectivity index (χ2n) is 5.60. The van der Waals surface area contributed by atoms with Crippen LogP contribution in [0, 0.1) is 0 Å². The topological polar surface area (TPSA) is 91.4 Å². The number of rotatable bonds is 9. The summed E-state index contributed by atoms with van der Waals surface area (Å²) in [6, 6.07) is 4.84. The Balaban J connectivity index is 2.18. The van der Waals surface area contributed by atoms with Crippen molar-refractivity contribution in [2.24, 2.45) is 0 Å². The number of benzene rings is 1. The molecule has 1 amide bonds.